The van der Waals surface area contributed by atoms with Crippen molar-refractivity contribution in [1.29, 1.82) is 0 Å². The van der Waals surface area contributed by atoms with E-state index < -0.39 is 0 Å². The molecule has 0 amide bonds. The van der Waals surface area contributed by atoms with E-state index >= 15 is 0 Å². The molecule has 91 heavy (non-hydrogen) atoms. The maximum absolute atomic E-state index is 4.43. The van der Waals surface area contributed by atoms with E-state index in [2.05, 4.69) is 323 Å². The maximum Gasteiger partial charge on any atom is 0.0407 e. The molecule has 0 N–H and O–H groups in total. The van der Waals surface area contributed by atoms with Crippen LogP contribution in [0.2, 0.25) is 0 Å². The first-order valence-electron chi connectivity index (χ1n) is 33.2. The molecular weight excluding hydrogens is 1100 g/mol. The van der Waals surface area contributed by atoms with Gasteiger partial charge in [0.25, 0.3) is 0 Å². The lowest BCUT2D eigenvalue weighted by Gasteiger charge is -2.15. The van der Waals surface area contributed by atoms with Crippen molar-refractivity contribution in [2.45, 2.75) is 298 Å². The lowest BCUT2D eigenvalue weighted by molar-refractivity contribution is 1.03. The van der Waals surface area contributed by atoms with E-state index in [1.807, 2.05) is 0 Å². The molecule has 498 valence electrons. The molecule has 0 spiro atoms. The molecule has 5 nitrogen and oxygen atoms in total. The van der Waals surface area contributed by atoms with Crippen LogP contribution in [0.1, 0.15) is 241 Å². The first-order chi connectivity index (χ1) is 41.6. The van der Waals surface area contributed by atoms with E-state index in [-0.39, 0.29) is 0 Å². The minimum Gasteiger partial charge on any atom is -0.258 e. The molecule has 0 saturated heterocycles. The van der Waals surface area contributed by atoms with Gasteiger partial charge < -0.3 is 0 Å². The van der Waals surface area contributed by atoms with Crippen LogP contribution in [-0.2, 0) is 0 Å². The fourth-order valence-corrected chi connectivity index (χ4v) is 11.3. The molecular formula is C86H129N5. The van der Waals surface area contributed by atoms with Gasteiger partial charge in [-0.15, -0.1) is 0 Å². The normalized spacial score (nSPS) is 10.4. The molecule has 3 aromatic carbocycles. The molecule has 5 heterocycles. The number of aryl methyl sites for hydroxylation is 10. The van der Waals surface area contributed by atoms with Gasteiger partial charge in [-0.3, -0.25) is 24.9 Å². The van der Waals surface area contributed by atoms with E-state index in [4.69, 9.17) is 0 Å². The second-order valence-electron chi connectivity index (χ2n) is 27.0. The third kappa shape index (κ3) is 20.2. The first-order valence-corrected chi connectivity index (χ1v) is 33.2. The highest BCUT2D eigenvalue weighted by Crippen LogP contribution is 2.28. The fraction of sp³-hybridized carbons (Fsp3) is 0.500. The summed E-state index contributed by atoms with van der Waals surface area (Å²) in [6.45, 7) is 92.6. The minimum absolute atomic E-state index is 1.16. The zero-order chi connectivity index (χ0) is 71.4. The number of hydrogen-bond donors (Lipinski definition) is 0. The van der Waals surface area contributed by atoms with Crippen LogP contribution in [0.3, 0.4) is 0 Å². The highest BCUT2D eigenvalue weighted by Gasteiger charge is 2.12. The summed E-state index contributed by atoms with van der Waals surface area (Å²) in [4.78, 5) is 22.2. The van der Waals surface area contributed by atoms with Crippen molar-refractivity contribution in [2.75, 3.05) is 0 Å². The highest BCUT2D eigenvalue weighted by molar-refractivity contribution is 5.51. The molecule has 0 bridgehead atoms. The molecule has 0 aliphatic heterocycles. The van der Waals surface area contributed by atoms with E-state index in [0.29, 0.717) is 0 Å². The molecule has 5 aromatic heterocycles. The predicted octanol–water partition coefficient (Wildman–Crippen LogP) is 23.7. The van der Waals surface area contributed by atoms with Crippen LogP contribution in [0.4, 0.5) is 0 Å². The second-order valence-corrected chi connectivity index (χ2v) is 27.0. The maximum atomic E-state index is 4.43. The quantitative estimate of drug-likeness (QED) is 0.151. The Morgan fingerprint density at radius 3 is 0.176 bits per heavy atom. The van der Waals surface area contributed by atoms with Gasteiger partial charge in [0, 0.05) is 56.9 Å². The average molecular weight is 1230 g/mol. The van der Waals surface area contributed by atoms with Crippen molar-refractivity contribution in [3.05, 3.63) is 241 Å². The van der Waals surface area contributed by atoms with Crippen molar-refractivity contribution in [3.63, 3.8) is 0 Å². The van der Waals surface area contributed by atoms with Crippen LogP contribution in [-0.4, -0.2) is 24.9 Å². The Balaban J connectivity index is 0.000000520. The molecule has 0 aliphatic rings. The summed E-state index contributed by atoms with van der Waals surface area (Å²) in [5.41, 5.74) is 57.9. The van der Waals surface area contributed by atoms with Crippen molar-refractivity contribution in [3.8, 4) is 0 Å². The number of rotatable bonds is 0. The van der Waals surface area contributed by atoms with Gasteiger partial charge in [0.15, 0.2) is 0 Å². The van der Waals surface area contributed by atoms with Crippen LogP contribution in [0.25, 0.3) is 0 Å². The molecule has 0 saturated carbocycles. The molecule has 0 fully saturated rings. The van der Waals surface area contributed by atoms with Crippen molar-refractivity contribution in [1.82, 2.24) is 24.9 Å². The van der Waals surface area contributed by atoms with Crippen molar-refractivity contribution >= 4 is 0 Å². The van der Waals surface area contributed by atoms with E-state index in [9.17, 15) is 0 Å². The first kappa shape index (κ1) is 82.4. The van der Waals surface area contributed by atoms with Crippen LogP contribution in [0.5, 0.6) is 0 Å². The SMILES string of the molecule is Cc1c(C)c(C)c(C)c(C)c1C.Cc1c(C)c(C)c(C)c(C)c1C.Cc1c(C)c(C)c(C)c(C)c1C.Cc1nc(C)c(C)c(C)c1C.Cc1nc(C)c(C)c(C)c1C.Cc1nc(C)c(C)c(C)c1C.Cc1nc(C)c(C)c(C)c1C.Cc1nc(C)c(C)c(C)c1C. The molecule has 0 unspecified atom stereocenters. The van der Waals surface area contributed by atoms with Crippen LogP contribution < -0.4 is 0 Å². The Labute approximate surface area is 560 Å². The topological polar surface area (TPSA) is 64.5 Å². The number of benzene rings is 3. The smallest absolute Gasteiger partial charge is 0.0407 e. The molecule has 8 rings (SSSR count). The standard InChI is InChI=1S/3C12H18.5C10H15N/c3*1-7-8(2)10(4)12(6)11(5)9(7)3;5*1-6-7(2)9(4)11-10(5)8(6)3/h3*1-6H3;5*1-5H3. The lowest BCUT2D eigenvalue weighted by Crippen LogP contribution is -1.98. The van der Waals surface area contributed by atoms with Gasteiger partial charge >= 0.3 is 0 Å². The van der Waals surface area contributed by atoms with Crippen LogP contribution >= 0.6 is 0 Å². The molecule has 0 atom stereocenters. The average Bonchev–Trinajstić information content (AvgIpc) is 1.09. The number of nitrogens with zero attached hydrogens (tertiary/aromatic N) is 5. The van der Waals surface area contributed by atoms with Gasteiger partial charge in [0.05, 0.1) is 0 Å². The number of pyridine rings is 5. The van der Waals surface area contributed by atoms with Gasteiger partial charge in [-0.25, -0.2) is 0 Å². The van der Waals surface area contributed by atoms with Crippen molar-refractivity contribution < 1.29 is 0 Å². The number of aromatic nitrogens is 5. The second kappa shape index (κ2) is 34.9. The zero-order valence-electron chi connectivity index (χ0n) is 66.7. The molecule has 5 heteroatoms. The molecule has 0 aliphatic carbocycles. The van der Waals surface area contributed by atoms with Crippen molar-refractivity contribution in [2.24, 2.45) is 0 Å². The summed E-state index contributed by atoms with van der Waals surface area (Å²) < 4.78 is 0. The van der Waals surface area contributed by atoms with E-state index in [0.717, 1.165) is 56.9 Å². The highest BCUT2D eigenvalue weighted by atomic mass is 14.7. The predicted molar refractivity (Wildman–Crippen MR) is 404 cm³/mol. The Kier molecular flexibility index (Phi) is 31.6. The summed E-state index contributed by atoms with van der Waals surface area (Å²) >= 11 is 0. The minimum atomic E-state index is 1.16. The lowest BCUT2D eigenvalue weighted by atomic mass is 9.90. The summed E-state index contributed by atoms with van der Waals surface area (Å²) in [6.07, 6.45) is 0. The summed E-state index contributed by atoms with van der Waals surface area (Å²) in [5.74, 6) is 0. The fourth-order valence-electron chi connectivity index (χ4n) is 11.3. The third-order valence-corrected chi connectivity index (χ3v) is 22.9. The van der Waals surface area contributed by atoms with Gasteiger partial charge in [-0.05, 0) is 481 Å². The van der Waals surface area contributed by atoms with Crippen LogP contribution in [0, 0.1) is 298 Å². The number of hydrogen-bond acceptors (Lipinski definition) is 5. The van der Waals surface area contributed by atoms with Crippen LogP contribution in [0.15, 0.2) is 0 Å². The Morgan fingerprint density at radius 1 is 0.0769 bits per heavy atom. The van der Waals surface area contributed by atoms with Gasteiger partial charge in [0.1, 0.15) is 0 Å². The van der Waals surface area contributed by atoms with E-state index in [1.54, 1.807) is 0 Å². The van der Waals surface area contributed by atoms with E-state index in [1.165, 1.54) is 184 Å². The zero-order valence-corrected chi connectivity index (χ0v) is 66.7. The largest absolute Gasteiger partial charge is 0.258 e. The van der Waals surface area contributed by atoms with Gasteiger partial charge in [-0.1, -0.05) is 0 Å². The summed E-state index contributed by atoms with van der Waals surface area (Å²) in [5, 5.41) is 0. The van der Waals surface area contributed by atoms with Gasteiger partial charge in [-0.2, -0.15) is 0 Å². The monoisotopic (exact) mass is 1230 g/mol. The third-order valence-electron chi connectivity index (χ3n) is 22.9. The van der Waals surface area contributed by atoms with Gasteiger partial charge in [0.2, 0.25) is 0 Å². The Hall–Kier alpha value is -6.59. The Bertz CT molecular complexity index is 2960. The molecule has 8 aromatic rings. The Morgan fingerprint density at radius 2 is 0.121 bits per heavy atom. The summed E-state index contributed by atoms with van der Waals surface area (Å²) in [6, 6.07) is 0. The molecule has 0 radical (unpaired) electrons. The summed E-state index contributed by atoms with van der Waals surface area (Å²) in [7, 11) is 0.